The largest absolute Gasteiger partial charge is 0.409 e. The van der Waals surface area contributed by atoms with Crippen molar-refractivity contribution in [3.8, 4) is 0 Å². The first-order valence-electron chi connectivity index (χ1n) is 7.20. The molecule has 1 heterocycles. The minimum Gasteiger partial charge on any atom is -0.409 e. The number of halogens is 1. The molecule has 0 saturated carbocycles. The van der Waals surface area contributed by atoms with Gasteiger partial charge in [-0.3, -0.25) is 8.96 Å². The summed E-state index contributed by atoms with van der Waals surface area (Å²) in [5.41, 5.74) is 3.39. The minimum atomic E-state index is 0.150. The maximum atomic E-state index is 9.37. The van der Waals surface area contributed by atoms with E-state index in [1.54, 1.807) is 15.2 Å². The molecule has 1 aromatic carbocycles. The number of hydrazine groups is 1. The normalized spacial score (nSPS) is 11.8. The number of aryl methyl sites for hydroxylation is 1. The van der Waals surface area contributed by atoms with Crippen molar-refractivity contribution in [3.05, 3.63) is 29.5 Å². The highest BCUT2D eigenvalue weighted by molar-refractivity contribution is 14.1. The number of rotatable bonds is 6. The van der Waals surface area contributed by atoms with Crippen LogP contribution in [-0.4, -0.2) is 54.3 Å². The van der Waals surface area contributed by atoms with Gasteiger partial charge in [-0.2, -0.15) is 0 Å². The minimum absolute atomic E-state index is 0.150. The Balaban J connectivity index is 2.19. The van der Waals surface area contributed by atoms with E-state index in [9.17, 15) is 5.21 Å². The first-order chi connectivity index (χ1) is 11.4. The number of amidine groups is 1. The molecule has 0 atom stereocenters. The zero-order valence-corrected chi connectivity index (χ0v) is 15.9. The molecule has 0 bridgehead atoms. The Morgan fingerprint density at radius 1 is 1.46 bits per heavy atom. The first-order valence-corrected chi connectivity index (χ1v) is 8.17. The van der Waals surface area contributed by atoms with Crippen LogP contribution in [0.1, 0.15) is 11.3 Å². The van der Waals surface area contributed by atoms with Gasteiger partial charge in [-0.25, -0.2) is 9.64 Å². The van der Waals surface area contributed by atoms with Crippen LogP contribution in [0.25, 0.3) is 0 Å². The molecular weight excluding hydrogens is 424 g/mol. The molecule has 0 spiro atoms. The summed E-state index contributed by atoms with van der Waals surface area (Å²) in [5.74, 6) is 6.21. The van der Waals surface area contributed by atoms with Crippen LogP contribution in [0, 0.1) is 6.92 Å². The Morgan fingerprint density at radius 3 is 2.83 bits per heavy atom. The second kappa shape index (κ2) is 8.30. The van der Waals surface area contributed by atoms with Gasteiger partial charge in [0.05, 0.1) is 22.9 Å². The first kappa shape index (κ1) is 18.5. The van der Waals surface area contributed by atoms with Crippen LogP contribution >= 0.6 is 22.9 Å². The molecule has 2 rings (SSSR count). The van der Waals surface area contributed by atoms with Crippen LogP contribution in [0.2, 0.25) is 0 Å². The Labute approximate surface area is 154 Å². The number of aromatic nitrogens is 2. The maximum absolute atomic E-state index is 9.37. The van der Waals surface area contributed by atoms with Gasteiger partial charge in [-0.05, 0) is 29.4 Å². The molecule has 9 nitrogen and oxygen atoms in total. The zero-order chi connectivity index (χ0) is 17.7. The van der Waals surface area contributed by atoms with Gasteiger partial charge in [0.25, 0.3) is 0 Å². The van der Waals surface area contributed by atoms with Gasteiger partial charge in [-0.15, -0.1) is 0 Å². The van der Waals surface area contributed by atoms with Crippen molar-refractivity contribution in [1.29, 1.82) is 0 Å². The SMILES string of the molecule is Bc1ccc(N/C(=N\O)c2nonc2N(I)CCN(C)N)cc1C. The van der Waals surface area contributed by atoms with E-state index >= 15 is 0 Å². The molecule has 0 amide bonds. The molecule has 2 aromatic rings. The monoisotopic (exact) mass is 443 g/mol. The summed E-state index contributed by atoms with van der Waals surface area (Å²) >= 11 is 2.08. The van der Waals surface area contributed by atoms with Crippen LogP contribution < -0.4 is 19.7 Å². The Hall–Kier alpha value is -1.86. The van der Waals surface area contributed by atoms with Crippen LogP contribution in [-0.2, 0) is 0 Å². The van der Waals surface area contributed by atoms with Crippen LogP contribution in [0.5, 0.6) is 0 Å². The molecule has 0 aliphatic rings. The number of hydrogen-bond acceptors (Lipinski definition) is 8. The number of benzene rings is 1. The lowest BCUT2D eigenvalue weighted by molar-refractivity contribution is 0.304. The molecule has 128 valence electrons. The van der Waals surface area contributed by atoms with Gasteiger partial charge in [0.15, 0.2) is 5.69 Å². The number of hydrogen-bond donors (Lipinski definition) is 3. The summed E-state index contributed by atoms with van der Waals surface area (Å²) in [5, 5.41) is 25.0. The van der Waals surface area contributed by atoms with E-state index in [0.29, 0.717) is 24.6 Å². The molecule has 0 saturated heterocycles. The lowest BCUT2D eigenvalue weighted by Gasteiger charge is -2.17. The number of nitrogens with zero attached hydrogens (tertiary/aromatic N) is 5. The van der Waals surface area contributed by atoms with Crippen LogP contribution in [0.15, 0.2) is 28.0 Å². The van der Waals surface area contributed by atoms with E-state index in [0.717, 1.165) is 11.3 Å². The average Bonchev–Trinajstić information content (AvgIpc) is 3.03. The fourth-order valence-corrected chi connectivity index (χ4v) is 2.46. The van der Waals surface area contributed by atoms with Gasteiger partial charge >= 0.3 is 0 Å². The summed E-state index contributed by atoms with van der Waals surface area (Å²) in [4.78, 5) is 0. The van der Waals surface area contributed by atoms with Gasteiger partial charge in [0.2, 0.25) is 11.7 Å². The van der Waals surface area contributed by atoms with E-state index in [1.165, 1.54) is 5.46 Å². The fraction of sp³-hybridized carbons (Fsp3) is 0.308. The molecule has 0 aliphatic carbocycles. The highest BCUT2D eigenvalue weighted by Gasteiger charge is 2.21. The van der Waals surface area contributed by atoms with Gasteiger partial charge in [0.1, 0.15) is 7.85 Å². The molecule has 4 N–H and O–H groups in total. The smallest absolute Gasteiger partial charge is 0.213 e. The van der Waals surface area contributed by atoms with Crippen LogP contribution in [0.4, 0.5) is 11.5 Å². The number of nitrogens with one attached hydrogen (secondary N) is 1. The molecule has 0 aliphatic heterocycles. The average molecular weight is 443 g/mol. The molecule has 0 fully saturated rings. The van der Waals surface area contributed by atoms with E-state index in [4.69, 9.17) is 10.5 Å². The third-order valence-electron chi connectivity index (χ3n) is 3.44. The third kappa shape index (κ3) is 4.58. The number of nitrogens with two attached hydrogens (primary N) is 1. The quantitative estimate of drug-likeness (QED) is 0.0826. The van der Waals surface area contributed by atoms with Gasteiger partial charge in [-0.1, -0.05) is 22.2 Å². The summed E-state index contributed by atoms with van der Waals surface area (Å²) in [6.07, 6.45) is 0. The molecule has 0 radical (unpaired) electrons. The fourth-order valence-electron chi connectivity index (χ4n) is 1.93. The maximum Gasteiger partial charge on any atom is 0.213 e. The van der Waals surface area contributed by atoms with Crippen molar-refractivity contribution in [1.82, 2.24) is 15.3 Å². The molecular formula is C13H19BIN7O2. The lowest BCUT2D eigenvalue weighted by atomic mass is 9.91. The summed E-state index contributed by atoms with van der Waals surface area (Å²) < 4.78 is 6.61. The van der Waals surface area contributed by atoms with Crippen LogP contribution in [0.3, 0.4) is 0 Å². The third-order valence-corrected chi connectivity index (χ3v) is 4.38. The summed E-state index contributed by atoms with van der Waals surface area (Å²) in [6.45, 7) is 3.22. The number of likely N-dealkylation sites (N-methyl/N-ethyl adjacent to an activating group) is 1. The standard InChI is InChI=1S/C13H19BIN7O2/c1-8-7-9(3-4-10(8)14)17-12(18-23)11-13(20-24-19-11)22(15)6-5-21(2)16/h3-4,7,23H,5-6,14,16H2,1-2H3,(H,17,18). The second-order valence-electron chi connectivity index (χ2n) is 5.38. The van der Waals surface area contributed by atoms with Gasteiger partial charge < -0.3 is 10.5 Å². The van der Waals surface area contributed by atoms with Crippen molar-refractivity contribution in [3.63, 3.8) is 0 Å². The molecule has 1 aromatic heterocycles. The second-order valence-corrected chi connectivity index (χ2v) is 6.54. The highest BCUT2D eigenvalue weighted by atomic mass is 127. The van der Waals surface area contributed by atoms with Crippen molar-refractivity contribution in [2.24, 2.45) is 11.0 Å². The molecule has 11 heteroatoms. The highest BCUT2D eigenvalue weighted by Crippen LogP contribution is 2.21. The van der Waals surface area contributed by atoms with E-state index in [2.05, 4.69) is 43.7 Å². The topological polar surface area (TPSA) is 116 Å². The van der Waals surface area contributed by atoms with Crippen molar-refractivity contribution >= 4 is 53.5 Å². The predicted molar refractivity (Wildman–Crippen MR) is 104 cm³/mol. The molecule has 0 unspecified atom stereocenters. The zero-order valence-electron chi connectivity index (χ0n) is 13.7. The van der Waals surface area contributed by atoms with E-state index in [1.807, 2.05) is 33.0 Å². The number of anilines is 2. The summed E-state index contributed by atoms with van der Waals surface area (Å²) in [6, 6.07) is 5.83. The lowest BCUT2D eigenvalue weighted by Crippen LogP contribution is -2.33. The predicted octanol–water partition coefficient (Wildman–Crippen LogP) is -0.154. The number of oxime groups is 1. The Morgan fingerprint density at radius 2 is 2.21 bits per heavy atom. The Kier molecular flexibility index (Phi) is 6.40. The van der Waals surface area contributed by atoms with Crippen molar-refractivity contribution < 1.29 is 9.84 Å². The van der Waals surface area contributed by atoms with Crippen molar-refractivity contribution in [2.45, 2.75) is 6.92 Å². The van der Waals surface area contributed by atoms with Crippen molar-refractivity contribution in [2.75, 3.05) is 28.6 Å². The molecule has 24 heavy (non-hydrogen) atoms. The summed E-state index contributed by atoms with van der Waals surface area (Å²) in [7, 11) is 3.80. The van der Waals surface area contributed by atoms with E-state index < -0.39 is 0 Å². The Bertz CT molecular complexity index is 722. The van der Waals surface area contributed by atoms with Gasteiger partial charge in [0, 0.05) is 25.8 Å². The van der Waals surface area contributed by atoms with E-state index in [-0.39, 0.29) is 5.84 Å².